The number of carbonyl (C=O) groups is 1. The molecule has 0 saturated carbocycles. The number of methoxy groups -OCH3 is 1. The summed E-state index contributed by atoms with van der Waals surface area (Å²) in [7, 11) is -2.12. The number of hydrogen-bond acceptors (Lipinski definition) is 7. The van der Waals surface area contributed by atoms with E-state index in [0.29, 0.717) is 22.9 Å². The number of primary sulfonamides is 1. The van der Waals surface area contributed by atoms with E-state index in [4.69, 9.17) is 9.88 Å². The predicted octanol–water partition coefficient (Wildman–Crippen LogP) is 0.937. The van der Waals surface area contributed by atoms with Crippen molar-refractivity contribution in [2.75, 3.05) is 26.8 Å². The molecule has 1 aliphatic rings. The molecule has 1 aliphatic heterocycles. The van der Waals surface area contributed by atoms with Crippen LogP contribution in [0.4, 0.5) is 0 Å². The zero-order chi connectivity index (χ0) is 14.0. The van der Waals surface area contributed by atoms with Crippen molar-refractivity contribution in [3.63, 3.8) is 0 Å². The lowest BCUT2D eigenvalue weighted by Crippen LogP contribution is -2.29. The molecule has 2 N–H and O–H groups in total. The molecule has 0 aromatic carbocycles. The molecular formula is C10H14N2O4S3. The van der Waals surface area contributed by atoms with Gasteiger partial charge in [-0.1, -0.05) is 0 Å². The molecule has 106 valence electrons. The second-order valence-electron chi connectivity index (χ2n) is 4.04. The van der Waals surface area contributed by atoms with Gasteiger partial charge in [-0.3, -0.25) is 4.79 Å². The lowest BCUT2D eigenvalue weighted by Gasteiger charge is -2.23. The number of ketones is 1. The van der Waals surface area contributed by atoms with E-state index in [1.165, 1.54) is 18.0 Å². The number of sulfonamides is 1. The molecule has 0 bridgehead atoms. The Balaban J connectivity index is 2.15. The molecule has 0 atom stereocenters. The minimum absolute atomic E-state index is 0.0390. The minimum Gasteiger partial charge on any atom is -0.385 e. The van der Waals surface area contributed by atoms with Gasteiger partial charge >= 0.3 is 0 Å². The molecule has 2 heterocycles. The molecule has 0 fully saturated rings. The Morgan fingerprint density at radius 3 is 2.89 bits per heavy atom. The molecule has 9 heteroatoms. The summed E-state index contributed by atoms with van der Waals surface area (Å²) < 4.78 is 30.2. The molecule has 1 aromatic heterocycles. The largest absolute Gasteiger partial charge is 0.385 e. The Morgan fingerprint density at radius 1 is 1.53 bits per heavy atom. The van der Waals surface area contributed by atoms with Crippen molar-refractivity contribution in [3.8, 4) is 0 Å². The summed E-state index contributed by atoms with van der Waals surface area (Å²) in [6.07, 6.45) is 0.819. The SMILES string of the molecule is COCCCN1CC(=O)c2cc(S(N)(=O)=O)sc2S1. The highest BCUT2D eigenvalue weighted by atomic mass is 32.3. The third-order valence-corrected chi connectivity index (χ3v) is 6.32. The molecule has 19 heavy (non-hydrogen) atoms. The van der Waals surface area contributed by atoms with E-state index in [1.807, 2.05) is 4.31 Å². The van der Waals surface area contributed by atoms with Gasteiger partial charge in [0.1, 0.15) is 4.21 Å². The Labute approximate surface area is 120 Å². The van der Waals surface area contributed by atoms with Crippen LogP contribution in [0.1, 0.15) is 16.8 Å². The molecule has 1 aromatic rings. The van der Waals surface area contributed by atoms with Crippen LogP contribution < -0.4 is 5.14 Å². The topological polar surface area (TPSA) is 89.7 Å². The van der Waals surface area contributed by atoms with Crippen LogP contribution in [0.3, 0.4) is 0 Å². The number of rotatable bonds is 5. The fraction of sp³-hybridized carbons (Fsp3) is 0.500. The van der Waals surface area contributed by atoms with Crippen LogP contribution in [0.2, 0.25) is 0 Å². The van der Waals surface area contributed by atoms with Gasteiger partial charge in [-0.2, -0.15) is 0 Å². The average molecular weight is 322 g/mol. The predicted molar refractivity (Wildman–Crippen MR) is 73.9 cm³/mol. The van der Waals surface area contributed by atoms with Crippen LogP contribution in [-0.2, 0) is 14.8 Å². The number of thiophene rings is 1. The highest BCUT2D eigenvalue weighted by Crippen LogP contribution is 2.39. The van der Waals surface area contributed by atoms with Crippen molar-refractivity contribution in [1.29, 1.82) is 0 Å². The first kappa shape index (κ1) is 14.9. The standard InChI is InChI=1S/C10H14N2O4S3/c1-16-4-2-3-12-6-8(13)7-5-9(19(11,14)15)17-10(7)18-12/h5H,2-4,6H2,1H3,(H2,11,14,15). The van der Waals surface area contributed by atoms with E-state index in [1.54, 1.807) is 7.11 Å². The summed E-state index contributed by atoms with van der Waals surface area (Å²) in [5, 5.41) is 5.08. The molecule has 0 amide bonds. The van der Waals surface area contributed by atoms with Crippen molar-refractivity contribution >= 4 is 39.1 Å². The van der Waals surface area contributed by atoms with Gasteiger partial charge in [-0.15, -0.1) is 11.3 Å². The maximum absolute atomic E-state index is 12.0. The number of Topliss-reactive ketones (excluding diaryl/α,β-unsaturated/α-hetero) is 1. The first-order valence-electron chi connectivity index (χ1n) is 5.53. The summed E-state index contributed by atoms with van der Waals surface area (Å²) in [5.41, 5.74) is 0.460. The first-order chi connectivity index (χ1) is 8.91. The van der Waals surface area contributed by atoms with Crippen LogP contribution in [0, 0.1) is 0 Å². The number of hydrogen-bond donors (Lipinski definition) is 1. The second kappa shape index (κ2) is 5.90. The molecule has 2 rings (SSSR count). The Bertz CT molecular complexity index is 582. The van der Waals surface area contributed by atoms with Gasteiger partial charge in [0.15, 0.2) is 5.78 Å². The minimum atomic E-state index is -3.74. The number of nitrogens with zero attached hydrogens (tertiary/aromatic N) is 1. The molecule has 0 aliphatic carbocycles. The highest BCUT2D eigenvalue weighted by molar-refractivity contribution is 7.99. The summed E-state index contributed by atoms with van der Waals surface area (Å²) >= 11 is 2.45. The van der Waals surface area contributed by atoms with Gasteiger partial charge in [0.05, 0.1) is 10.8 Å². The Hall–Kier alpha value is -0.450. The molecule has 6 nitrogen and oxygen atoms in total. The fourth-order valence-corrected chi connectivity index (χ4v) is 5.10. The van der Waals surface area contributed by atoms with Crippen LogP contribution in [0.25, 0.3) is 0 Å². The van der Waals surface area contributed by atoms with E-state index < -0.39 is 10.0 Å². The molecule has 0 spiro atoms. The molecule has 0 saturated heterocycles. The summed E-state index contributed by atoms with van der Waals surface area (Å²) in [6.45, 7) is 1.62. The van der Waals surface area contributed by atoms with Crippen molar-refractivity contribution in [1.82, 2.24) is 4.31 Å². The normalized spacial score (nSPS) is 16.6. The summed E-state index contributed by atoms with van der Waals surface area (Å²) in [4.78, 5) is 12.0. The molecule has 0 unspecified atom stereocenters. The fourth-order valence-electron chi connectivity index (χ4n) is 1.66. The maximum atomic E-state index is 12.0. The third kappa shape index (κ3) is 3.56. The van der Waals surface area contributed by atoms with Crippen LogP contribution in [0.15, 0.2) is 14.5 Å². The number of ether oxygens (including phenoxy) is 1. The summed E-state index contributed by atoms with van der Waals surface area (Å²) in [5.74, 6) is -0.0719. The molecular weight excluding hydrogens is 308 g/mol. The number of fused-ring (bicyclic) bond motifs is 1. The van der Waals surface area contributed by atoms with Crippen molar-refractivity contribution in [3.05, 3.63) is 11.6 Å². The van der Waals surface area contributed by atoms with E-state index in [9.17, 15) is 13.2 Å². The van der Waals surface area contributed by atoms with Gasteiger partial charge in [0.2, 0.25) is 10.0 Å². The van der Waals surface area contributed by atoms with Crippen LogP contribution >= 0.6 is 23.3 Å². The van der Waals surface area contributed by atoms with Crippen LogP contribution in [0.5, 0.6) is 0 Å². The number of nitrogens with two attached hydrogens (primary N) is 1. The zero-order valence-electron chi connectivity index (χ0n) is 10.3. The van der Waals surface area contributed by atoms with Crippen LogP contribution in [-0.4, -0.2) is 45.3 Å². The summed E-state index contributed by atoms with van der Waals surface area (Å²) in [6, 6.07) is 1.37. The monoisotopic (exact) mass is 322 g/mol. The van der Waals surface area contributed by atoms with Crippen molar-refractivity contribution in [2.24, 2.45) is 5.14 Å². The van der Waals surface area contributed by atoms with E-state index >= 15 is 0 Å². The smallest absolute Gasteiger partial charge is 0.247 e. The highest BCUT2D eigenvalue weighted by Gasteiger charge is 2.28. The lowest BCUT2D eigenvalue weighted by molar-refractivity contribution is 0.0959. The third-order valence-electron chi connectivity index (χ3n) is 2.54. The van der Waals surface area contributed by atoms with Gasteiger partial charge in [-0.05, 0) is 24.4 Å². The lowest BCUT2D eigenvalue weighted by atomic mass is 10.2. The second-order valence-corrected chi connectivity index (χ2v) is 8.24. The first-order valence-corrected chi connectivity index (χ1v) is 8.67. The van der Waals surface area contributed by atoms with Gasteiger partial charge in [-0.25, -0.2) is 17.9 Å². The zero-order valence-corrected chi connectivity index (χ0v) is 12.7. The maximum Gasteiger partial charge on any atom is 0.247 e. The van der Waals surface area contributed by atoms with Crippen molar-refractivity contribution in [2.45, 2.75) is 14.8 Å². The molecule has 0 radical (unpaired) electrons. The van der Waals surface area contributed by atoms with E-state index in [-0.39, 0.29) is 16.5 Å². The average Bonchev–Trinajstić information content (AvgIpc) is 2.73. The Kier molecular flexibility index (Phi) is 4.64. The van der Waals surface area contributed by atoms with E-state index in [0.717, 1.165) is 17.8 Å². The van der Waals surface area contributed by atoms with Gasteiger partial charge in [0.25, 0.3) is 0 Å². The van der Waals surface area contributed by atoms with Gasteiger partial charge in [0, 0.05) is 25.8 Å². The number of carbonyl (C=O) groups excluding carboxylic acids is 1. The van der Waals surface area contributed by atoms with Gasteiger partial charge < -0.3 is 4.74 Å². The Morgan fingerprint density at radius 2 is 2.26 bits per heavy atom. The van der Waals surface area contributed by atoms with Crippen molar-refractivity contribution < 1.29 is 17.9 Å². The van der Waals surface area contributed by atoms with E-state index in [2.05, 4.69) is 0 Å². The quantitative estimate of drug-likeness (QED) is 0.641.